The van der Waals surface area contributed by atoms with E-state index in [1.807, 2.05) is 141 Å². The third-order valence-corrected chi connectivity index (χ3v) is 4.30. The van der Waals surface area contributed by atoms with Gasteiger partial charge in [-0.25, -0.2) is 9.97 Å². The van der Waals surface area contributed by atoms with Gasteiger partial charge in [-0.05, 0) is 30.3 Å². The molecule has 7 heteroatoms. The molecule has 0 saturated carbocycles. The maximum absolute atomic E-state index is 4.18. The number of nitrogens with zero attached hydrogens (tertiary/aromatic N) is 5. The van der Waals surface area contributed by atoms with Gasteiger partial charge in [0.25, 0.3) is 0 Å². The van der Waals surface area contributed by atoms with Gasteiger partial charge in [0.05, 0.1) is 22.1 Å². The fraction of sp³-hybridized carbons (Fsp3) is 0.229. The molecule has 6 rings (SSSR count). The Balaban J connectivity index is -0.000000140. The molecule has 0 aliphatic heterocycles. The first-order valence-corrected chi connectivity index (χ1v) is 13.5. The zero-order valence-electron chi connectivity index (χ0n) is 27.0. The normalized spacial score (nSPS) is 7.71. The number of rotatable bonds is 0. The molecule has 0 unspecified atom stereocenters. The Morgan fingerprint density at radius 1 is 0.381 bits per heavy atom. The monoisotopic (exact) mass is 907 g/mol. The second-order valence-electron chi connectivity index (χ2n) is 6.32. The summed E-state index contributed by atoms with van der Waals surface area (Å²) in [7, 11) is 0. The minimum absolute atomic E-state index is 0. The Kier molecular flexibility index (Phi) is 39.9. The molecule has 3 heterocycles. The van der Waals surface area contributed by atoms with Crippen LogP contribution in [0.15, 0.2) is 116 Å². The molecular weight excluding hydrogens is 858 g/mol. The zero-order chi connectivity index (χ0) is 28.4. The van der Waals surface area contributed by atoms with Crippen molar-refractivity contribution >= 4 is 32.8 Å². The number of hydrogen-bond acceptors (Lipinski definition) is 5. The smallest absolute Gasteiger partial charge is 0.116 e. The molecule has 0 spiro atoms. The predicted molar refractivity (Wildman–Crippen MR) is 179 cm³/mol. The first-order valence-electron chi connectivity index (χ1n) is 13.5. The third kappa shape index (κ3) is 18.5. The third-order valence-electron chi connectivity index (χ3n) is 4.30. The molecule has 0 fully saturated rings. The fourth-order valence-electron chi connectivity index (χ4n) is 2.85. The summed E-state index contributed by atoms with van der Waals surface area (Å²) in [5.74, 6) is 0. The van der Waals surface area contributed by atoms with Crippen molar-refractivity contribution in [2.75, 3.05) is 0 Å². The van der Waals surface area contributed by atoms with Crippen LogP contribution in [0, 0.1) is 14.9 Å². The van der Waals surface area contributed by atoms with Crippen LogP contribution >= 0.6 is 0 Å². The number of benzene rings is 3. The van der Waals surface area contributed by atoms with E-state index in [9.17, 15) is 0 Å². The number of para-hydroxylation sites is 4. The first-order chi connectivity index (χ1) is 18.9. The van der Waals surface area contributed by atoms with Crippen LogP contribution < -0.4 is 0 Å². The van der Waals surface area contributed by atoms with E-state index in [1.54, 1.807) is 18.7 Å². The van der Waals surface area contributed by atoms with Crippen LogP contribution in [0.4, 0.5) is 0 Å². The van der Waals surface area contributed by atoms with E-state index in [2.05, 4.69) is 37.1 Å². The number of fused-ring (bicyclic) bond motifs is 3. The molecule has 0 N–H and O–H groups in total. The van der Waals surface area contributed by atoms with Gasteiger partial charge in [-0.15, -0.1) is 0 Å². The van der Waals surface area contributed by atoms with Gasteiger partial charge in [-0.2, -0.15) is 0 Å². The second-order valence-corrected chi connectivity index (χ2v) is 6.32. The average molecular weight is 907 g/mol. The molecular formula is C35H49N5W2-2. The van der Waals surface area contributed by atoms with Crippen molar-refractivity contribution in [2.24, 2.45) is 0 Å². The number of hydrogen-bond donors (Lipinski definition) is 0. The van der Waals surface area contributed by atoms with Crippen LogP contribution in [0.5, 0.6) is 0 Å². The molecule has 3 aromatic carbocycles. The largest absolute Gasteiger partial charge is 0.358 e. The van der Waals surface area contributed by atoms with Crippen LogP contribution in [0.2, 0.25) is 0 Å². The molecule has 3 aromatic heterocycles. The molecule has 42 heavy (non-hydrogen) atoms. The van der Waals surface area contributed by atoms with Gasteiger partial charge in [0.2, 0.25) is 0 Å². The van der Waals surface area contributed by atoms with Crippen molar-refractivity contribution in [3.05, 3.63) is 131 Å². The van der Waals surface area contributed by atoms with E-state index in [0.29, 0.717) is 0 Å². The van der Waals surface area contributed by atoms with Crippen molar-refractivity contribution < 1.29 is 42.1 Å². The van der Waals surface area contributed by atoms with Crippen LogP contribution in [0.1, 0.15) is 55.4 Å². The summed E-state index contributed by atoms with van der Waals surface area (Å²) in [6, 6.07) is 27.8. The molecule has 0 aliphatic rings. The molecule has 0 atom stereocenters. The Hall–Kier alpha value is -2.87. The van der Waals surface area contributed by atoms with Crippen molar-refractivity contribution in [2.45, 2.75) is 55.4 Å². The van der Waals surface area contributed by atoms with E-state index in [-0.39, 0.29) is 57.0 Å². The van der Waals surface area contributed by atoms with E-state index in [1.165, 1.54) is 5.39 Å². The second kappa shape index (κ2) is 34.3. The summed E-state index contributed by atoms with van der Waals surface area (Å²) in [4.78, 5) is 20.4. The molecule has 0 amide bonds. The minimum atomic E-state index is 0. The van der Waals surface area contributed by atoms with Crippen molar-refractivity contribution in [3.63, 3.8) is 0 Å². The summed E-state index contributed by atoms with van der Waals surface area (Å²) < 4.78 is 0. The fourth-order valence-corrected chi connectivity index (χ4v) is 2.85. The van der Waals surface area contributed by atoms with Gasteiger partial charge < -0.3 is 14.9 Å². The zero-order valence-corrected chi connectivity index (χ0v) is 32.9. The summed E-state index contributed by atoms with van der Waals surface area (Å²) >= 11 is 0. The van der Waals surface area contributed by atoms with Crippen molar-refractivity contribution in [1.82, 2.24) is 24.9 Å². The van der Waals surface area contributed by atoms with E-state index in [4.69, 9.17) is 0 Å². The maximum Gasteiger partial charge on any atom is 0.116 e. The van der Waals surface area contributed by atoms with Gasteiger partial charge in [0.1, 0.15) is 6.33 Å². The SMILES string of the molecule is CC.CC.CC.CC.[CH3-].[CH3-].[W].[W].c1ccc2ncccc2c1.c1ccc2nccnc2c1.c1ccc2ncncc2c1. The number of pyridine rings is 1. The molecule has 228 valence electrons. The minimum Gasteiger partial charge on any atom is -0.358 e. The molecule has 6 aromatic rings. The standard InChI is InChI=1S/C9H7N.2C8H6N2.4C2H6.2CH3.2W/c1-2-6-9-8(4-1)5-3-7-10-9;1-2-4-8-7(3-1)5-9-6-10-8;1-2-4-8-7(3-1)9-5-6-10-8;4*1-2;;;;/h1-7H;2*1-6H;4*1-2H3;2*1H3;;/q;;;;;;;2*-1;;. The quantitative estimate of drug-likeness (QED) is 0.142. The van der Waals surface area contributed by atoms with Crippen molar-refractivity contribution in [3.8, 4) is 0 Å². The van der Waals surface area contributed by atoms with Crippen LogP contribution in [-0.4, -0.2) is 24.9 Å². The summed E-state index contributed by atoms with van der Waals surface area (Å²) in [5, 5.41) is 2.29. The Bertz CT molecular complexity index is 1020. The van der Waals surface area contributed by atoms with Gasteiger partial charge in [0.15, 0.2) is 0 Å². The summed E-state index contributed by atoms with van der Waals surface area (Å²) in [6.07, 6.45) is 8.57. The van der Waals surface area contributed by atoms with Gasteiger partial charge in [-0.3, -0.25) is 15.0 Å². The predicted octanol–water partition coefficient (Wildman–Crippen LogP) is 10.5. The molecule has 0 radical (unpaired) electrons. The van der Waals surface area contributed by atoms with E-state index >= 15 is 0 Å². The van der Waals surface area contributed by atoms with Crippen molar-refractivity contribution in [1.29, 1.82) is 0 Å². The molecule has 0 saturated heterocycles. The first kappa shape index (κ1) is 48.8. The van der Waals surface area contributed by atoms with Crippen LogP contribution in [-0.2, 0) is 42.1 Å². The Labute approximate surface area is 284 Å². The van der Waals surface area contributed by atoms with Gasteiger partial charge in [-0.1, -0.05) is 110 Å². The summed E-state index contributed by atoms with van der Waals surface area (Å²) in [5.41, 5.74) is 3.96. The van der Waals surface area contributed by atoms with Gasteiger partial charge in [0, 0.05) is 77.7 Å². The Morgan fingerprint density at radius 3 is 1.19 bits per heavy atom. The topological polar surface area (TPSA) is 64.5 Å². The van der Waals surface area contributed by atoms with E-state index in [0.717, 1.165) is 27.5 Å². The molecule has 0 aliphatic carbocycles. The number of aromatic nitrogens is 5. The summed E-state index contributed by atoms with van der Waals surface area (Å²) in [6.45, 7) is 16.0. The van der Waals surface area contributed by atoms with E-state index < -0.39 is 0 Å². The van der Waals surface area contributed by atoms with Crippen LogP contribution in [0.25, 0.3) is 32.8 Å². The van der Waals surface area contributed by atoms with Crippen LogP contribution in [0.3, 0.4) is 0 Å². The van der Waals surface area contributed by atoms with Gasteiger partial charge >= 0.3 is 0 Å². The Morgan fingerprint density at radius 2 is 0.738 bits per heavy atom. The maximum atomic E-state index is 4.18. The molecule has 0 bridgehead atoms. The molecule has 5 nitrogen and oxygen atoms in total. The average Bonchev–Trinajstić information content (AvgIpc) is 3.06.